The van der Waals surface area contributed by atoms with Gasteiger partial charge in [-0.15, -0.1) is 0 Å². The van der Waals surface area contributed by atoms with Crippen LogP contribution in [0.5, 0.6) is 0 Å². The van der Waals surface area contributed by atoms with E-state index >= 15 is 0 Å². The predicted molar refractivity (Wildman–Crippen MR) is 183 cm³/mol. The van der Waals surface area contributed by atoms with E-state index in [1.54, 1.807) is 0 Å². The normalized spacial score (nSPS) is 24.8. The Morgan fingerprint density at radius 1 is 0.720 bits per heavy atom. The van der Waals surface area contributed by atoms with Gasteiger partial charge in [0.15, 0.2) is 5.96 Å². The molecule has 0 aliphatic carbocycles. The fourth-order valence-electron chi connectivity index (χ4n) is 4.92. The lowest BCUT2D eigenvalue weighted by atomic mass is 10.0. The molecule has 1 fully saturated rings. The molecule has 6 atom stereocenters. The van der Waals surface area contributed by atoms with Gasteiger partial charge in [-0.3, -0.25) is 38.6 Å². The van der Waals surface area contributed by atoms with Crippen molar-refractivity contribution in [1.29, 1.82) is 0 Å². The number of aliphatic imine (C=N–C) groups is 1. The number of nitrogens with one attached hydrogen (secondary N) is 7. The van der Waals surface area contributed by atoms with E-state index in [4.69, 9.17) is 22.9 Å². The van der Waals surface area contributed by atoms with Crippen LogP contribution < -0.4 is 60.2 Å². The van der Waals surface area contributed by atoms with Gasteiger partial charge < -0.3 is 65.3 Å². The summed E-state index contributed by atoms with van der Waals surface area (Å²) in [5.74, 6) is -5.18. The summed E-state index contributed by atoms with van der Waals surface area (Å²) >= 11 is 0. The Hall–Kier alpha value is -4.56. The lowest BCUT2D eigenvalue weighted by Gasteiger charge is -2.27. The molecular formula is C30H56N12O8. The SMILES string of the molecule is CC(C)C[C@@H]1NC(=O)CNC(=O)[C@H](CCN)NC(=O)CCCNC(=O)[C@H]([C@@H](C)O)NC(=O)[C@H](CCCN=C(N)N)NC(=O)[C@H](CCN)NC1=O. The topological polar surface area (TPSA) is 340 Å². The van der Waals surface area contributed by atoms with Gasteiger partial charge in [0, 0.05) is 19.5 Å². The van der Waals surface area contributed by atoms with Crippen molar-refractivity contribution in [2.45, 2.75) is 102 Å². The lowest BCUT2D eigenvalue weighted by molar-refractivity contribution is -0.135. The first-order valence-electron chi connectivity index (χ1n) is 16.8. The number of rotatable bonds is 11. The number of carbonyl (C=O) groups excluding carboxylic acids is 7. The first kappa shape index (κ1) is 43.5. The number of carbonyl (C=O) groups is 7. The highest BCUT2D eigenvalue weighted by molar-refractivity contribution is 5.96. The quantitative estimate of drug-likeness (QED) is 0.0543. The fraction of sp³-hybridized carbons (Fsp3) is 0.733. The zero-order chi connectivity index (χ0) is 37.8. The fourth-order valence-corrected chi connectivity index (χ4v) is 4.92. The van der Waals surface area contributed by atoms with Crippen LogP contribution in [0.1, 0.15) is 65.7 Å². The van der Waals surface area contributed by atoms with Crippen molar-refractivity contribution in [1.82, 2.24) is 37.2 Å². The molecule has 0 bridgehead atoms. The second-order valence-corrected chi connectivity index (χ2v) is 12.4. The third-order valence-electron chi connectivity index (χ3n) is 7.50. The molecule has 0 spiro atoms. The molecule has 0 aromatic rings. The van der Waals surface area contributed by atoms with Crippen molar-refractivity contribution in [3.8, 4) is 0 Å². The van der Waals surface area contributed by atoms with Crippen LogP contribution in [0.2, 0.25) is 0 Å². The van der Waals surface area contributed by atoms with Crippen LogP contribution >= 0.6 is 0 Å². The summed E-state index contributed by atoms with van der Waals surface area (Å²) in [6, 6.07) is -6.09. The third-order valence-corrected chi connectivity index (χ3v) is 7.50. The van der Waals surface area contributed by atoms with Crippen LogP contribution in [0.25, 0.3) is 0 Å². The largest absolute Gasteiger partial charge is 0.391 e. The lowest BCUT2D eigenvalue weighted by Crippen LogP contribution is -2.60. The van der Waals surface area contributed by atoms with Crippen molar-refractivity contribution in [2.24, 2.45) is 33.8 Å². The van der Waals surface area contributed by atoms with Gasteiger partial charge in [-0.05, 0) is 64.5 Å². The minimum atomic E-state index is -1.44. The summed E-state index contributed by atoms with van der Waals surface area (Å²) in [6.45, 7) is 4.54. The van der Waals surface area contributed by atoms with Crippen LogP contribution in [0, 0.1) is 5.92 Å². The molecule has 0 aromatic carbocycles. The first-order chi connectivity index (χ1) is 23.6. The van der Waals surface area contributed by atoms with Crippen molar-refractivity contribution in [2.75, 3.05) is 32.7 Å². The second-order valence-electron chi connectivity index (χ2n) is 12.4. The average molecular weight is 713 g/mol. The number of guanidine groups is 1. The standard InChI is InChI=1S/C30H56N12O8/c1-16(2)14-21-28(49)41-20(9-11-32)26(47)40-18(6-4-13-36-30(33)34)27(48)42-24(17(3)43)29(50)35-12-5-7-22(44)38-19(8-10-31)25(46)37-15-23(45)39-21/h16-21,24,43H,4-15,31-32H2,1-3H3,(H,35,50)(H,37,46)(H,38,44)(H,39,45)(H,40,47)(H,41,49)(H,42,48)(H4,33,34,36)/t17-,18+,19+,20+,21+,24+/m1/s1. The van der Waals surface area contributed by atoms with Gasteiger partial charge in [-0.25, -0.2) is 0 Å². The molecule has 0 unspecified atom stereocenters. The number of aliphatic hydroxyl groups excluding tert-OH is 1. The van der Waals surface area contributed by atoms with E-state index in [1.807, 2.05) is 13.8 Å². The maximum absolute atomic E-state index is 13.5. The molecule has 1 aliphatic rings. The first-order valence-corrected chi connectivity index (χ1v) is 16.8. The summed E-state index contributed by atoms with van der Waals surface area (Å²) in [6.07, 6.45) is -0.875. The summed E-state index contributed by atoms with van der Waals surface area (Å²) in [5.41, 5.74) is 22.1. The number of hydrogen-bond acceptors (Lipinski definition) is 11. The van der Waals surface area contributed by atoms with E-state index in [1.165, 1.54) is 6.92 Å². The molecule has 0 radical (unpaired) electrons. The number of nitrogens with two attached hydrogens (primary N) is 4. The highest BCUT2D eigenvalue weighted by atomic mass is 16.3. The number of nitrogens with zero attached hydrogens (tertiary/aromatic N) is 1. The number of hydrogen-bond donors (Lipinski definition) is 12. The molecule has 0 aromatic heterocycles. The number of aliphatic hydroxyl groups is 1. The van der Waals surface area contributed by atoms with E-state index in [2.05, 4.69) is 42.2 Å². The Kier molecular flexibility index (Phi) is 20.0. The summed E-state index contributed by atoms with van der Waals surface area (Å²) in [7, 11) is 0. The van der Waals surface area contributed by atoms with Gasteiger partial charge >= 0.3 is 0 Å². The Morgan fingerprint density at radius 2 is 1.26 bits per heavy atom. The highest BCUT2D eigenvalue weighted by Crippen LogP contribution is 2.08. The minimum Gasteiger partial charge on any atom is -0.391 e. The molecular weight excluding hydrogens is 656 g/mol. The molecule has 50 heavy (non-hydrogen) atoms. The van der Waals surface area contributed by atoms with Crippen LogP contribution in [0.4, 0.5) is 0 Å². The van der Waals surface area contributed by atoms with Crippen molar-refractivity contribution in [3.63, 3.8) is 0 Å². The zero-order valence-corrected chi connectivity index (χ0v) is 29.1. The van der Waals surface area contributed by atoms with Crippen molar-refractivity contribution < 1.29 is 38.7 Å². The molecule has 1 saturated heterocycles. The molecule has 1 aliphatic heterocycles. The number of amides is 7. The Bertz CT molecular complexity index is 1190. The predicted octanol–water partition coefficient (Wildman–Crippen LogP) is -5.39. The van der Waals surface area contributed by atoms with Crippen LogP contribution in [0.3, 0.4) is 0 Å². The Labute approximate surface area is 291 Å². The minimum absolute atomic E-state index is 0.00378. The molecule has 1 rings (SSSR count). The molecule has 284 valence electrons. The van der Waals surface area contributed by atoms with Crippen molar-refractivity contribution in [3.05, 3.63) is 0 Å². The maximum Gasteiger partial charge on any atom is 0.245 e. The molecule has 20 heteroatoms. The third kappa shape index (κ3) is 16.7. The smallest absolute Gasteiger partial charge is 0.245 e. The summed E-state index contributed by atoms with van der Waals surface area (Å²) in [5, 5.41) is 28.1. The second kappa shape index (κ2) is 23.0. The molecule has 1 heterocycles. The van der Waals surface area contributed by atoms with E-state index in [-0.39, 0.29) is 83.0 Å². The molecule has 20 nitrogen and oxygen atoms in total. The van der Waals surface area contributed by atoms with E-state index in [9.17, 15) is 38.7 Å². The van der Waals surface area contributed by atoms with Gasteiger partial charge in [0.25, 0.3) is 0 Å². The monoisotopic (exact) mass is 712 g/mol. The summed E-state index contributed by atoms with van der Waals surface area (Å²) < 4.78 is 0. The van der Waals surface area contributed by atoms with E-state index in [0.717, 1.165) is 0 Å². The van der Waals surface area contributed by atoms with Gasteiger partial charge in [-0.1, -0.05) is 13.8 Å². The van der Waals surface area contributed by atoms with E-state index < -0.39 is 84.2 Å². The van der Waals surface area contributed by atoms with Crippen molar-refractivity contribution >= 4 is 47.3 Å². The van der Waals surface area contributed by atoms with Gasteiger partial charge in [0.2, 0.25) is 41.4 Å². The van der Waals surface area contributed by atoms with Gasteiger partial charge in [0.05, 0.1) is 12.6 Å². The molecule has 7 amide bonds. The zero-order valence-electron chi connectivity index (χ0n) is 29.1. The maximum atomic E-state index is 13.5. The molecule has 16 N–H and O–H groups in total. The van der Waals surface area contributed by atoms with Gasteiger partial charge in [0.1, 0.15) is 30.2 Å². The van der Waals surface area contributed by atoms with Crippen LogP contribution in [-0.2, 0) is 33.6 Å². The summed E-state index contributed by atoms with van der Waals surface area (Å²) in [4.78, 5) is 95.5. The van der Waals surface area contributed by atoms with Crippen LogP contribution in [-0.4, -0.2) is 121 Å². The van der Waals surface area contributed by atoms with E-state index in [0.29, 0.717) is 0 Å². The molecule has 0 saturated carbocycles. The Balaban J connectivity index is 3.44. The average Bonchev–Trinajstić information content (AvgIpc) is 3.03. The van der Waals surface area contributed by atoms with Gasteiger partial charge in [-0.2, -0.15) is 0 Å². The Morgan fingerprint density at radius 3 is 1.82 bits per heavy atom. The highest BCUT2D eigenvalue weighted by Gasteiger charge is 2.33. The van der Waals surface area contributed by atoms with Crippen LogP contribution in [0.15, 0.2) is 4.99 Å².